The lowest BCUT2D eigenvalue weighted by Crippen LogP contribution is -2.37. The number of halogens is 3. The van der Waals surface area contributed by atoms with Gasteiger partial charge in [-0.2, -0.15) is 0 Å². The van der Waals surface area contributed by atoms with Crippen molar-refractivity contribution in [2.75, 3.05) is 18.4 Å². The molecule has 6 nitrogen and oxygen atoms in total. The number of anilines is 1. The molecule has 3 rings (SSSR count). The van der Waals surface area contributed by atoms with Crippen molar-refractivity contribution < 1.29 is 22.7 Å². The van der Waals surface area contributed by atoms with E-state index in [9.17, 15) is 18.0 Å². The number of nitrogens with one attached hydrogen (secondary N) is 1. The maximum absolute atomic E-state index is 12.3. The molecule has 2 aromatic rings. The number of aliphatic imine (C=N–C) groups is 1. The van der Waals surface area contributed by atoms with Crippen LogP contribution in [0.5, 0.6) is 5.75 Å². The first kappa shape index (κ1) is 19.0. The lowest BCUT2D eigenvalue weighted by molar-refractivity contribution is -0.274. The van der Waals surface area contributed by atoms with Crippen LogP contribution in [-0.4, -0.2) is 36.2 Å². The van der Waals surface area contributed by atoms with E-state index in [1.807, 2.05) is 11.4 Å². The average molecular weight is 398 g/mol. The Bertz CT molecular complexity index is 833. The van der Waals surface area contributed by atoms with Crippen molar-refractivity contribution >= 4 is 28.9 Å². The van der Waals surface area contributed by atoms with E-state index >= 15 is 0 Å². The molecule has 0 saturated carbocycles. The number of benzene rings is 1. The number of ether oxygens (including phenoxy) is 1. The van der Waals surface area contributed by atoms with Crippen LogP contribution in [0.1, 0.15) is 10.4 Å². The van der Waals surface area contributed by atoms with Gasteiger partial charge in [-0.1, -0.05) is 0 Å². The Balaban J connectivity index is 1.51. The molecule has 0 spiro atoms. The molecule has 144 valence electrons. The minimum atomic E-state index is -4.74. The van der Waals surface area contributed by atoms with Crippen LogP contribution in [0.4, 0.5) is 18.9 Å². The molecule has 1 aromatic heterocycles. The summed E-state index contributed by atoms with van der Waals surface area (Å²) in [6.07, 6.45) is -3.91. The summed E-state index contributed by atoms with van der Waals surface area (Å²) in [7, 11) is 0. The first-order valence-electron chi connectivity index (χ1n) is 8.06. The van der Waals surface area contributed by atoms with E-state index in [1.165, 1.54) is 17.0 Å². The molecule has 0 atom stereocenters. The van der Waals surface area contributed by atoms with E-state index in [-0.39, 0.29) is 24.2 Å². The smallest absolute Gasteiger partial charge is 0.406 e. The Morgan fingerprint density at radius 3 is 2.74 bits per heavy atom. The van der Waals surface area contributed by atoms with E-state index in [1.54, 1.807) is 16.2 Å². The average Bonchev–Trinajstić information content (AvgIpc) is 3.08. The highest BCUT2D eigenvalue weighted by molar-refractivity contribution is 7.10. The van der Waals surface area contributed by atoms with Gasteiger partial charge < -0.3 is 20.7 Å². The summed E-state index contributed by atoms with van der Waals surface area (Å²) >= 11 is 1.70. The first-order chi connectivity index (χ1) is 12.8. The van der Waals surface area contributed by atoms with E-state index in [0.29, 0.717) is 18.8 Å². The number of carbonyl (C=O) groups excluding carboxylic acids is 1. The van der Waals surface area contributed by atoms with E-state index in [0.717, 1.165) is 24.1 Å². The second-order valence-corrected chi connectivity index (χ2v) is 6.83. The quantitative estimate of drug-likeness (QED) is 0.613. The van der Waals surface area contributed by atoms with Gasteiger partial charge in [0.25, 0.3) is 0 Å². The van der Waals surface area contributed by atoms with Gasteiger partial charge in [-0.25, -0.2) is 4.99 Å². The molecule has 2 heterocycles. The summed E-state index contributed by atoms with van der Waals surface area (Å²) in [5, 5.41) is 4.74. The van der Waals surface area contributed by atoms with Crippen molar-refractivity contribution in [3.8, 4) is 5.75 Å². The van der Waals surface area contributed by atoms with Crippen LogP contribution in [0.3, 0.4) is 0 Å². The zero-order valence-corrected chi connectivity index (χ0v) is 14.9. The molecular weight excluding hydrogens is 381 g/mol. The fraction of sp³-hybridized carbons (Fsp3) is 0.294. The van der Waals surface area contributed by atoms with Crippen LogP contribution < -0.4 is 15.8 Å². The predicted molar refractivity (Wildman–Crippen MR) is 96.7 cm³/mol. The van der Waals surface area contributed by atoms with E-state index < -0.39 is 6.36 Å². The molecular formula is C17H17F3N4O2S. The zero-order valence-electron chi connectivity index (χ0n) is 14.1. The third-order valence-corrected chi connectivity index (χ3v) is 4.93. The molecule has 1 aliphatic rings. The molecule has 27 heavy (non-hydrogen) atoms. The van der Waals surface area contributed by atoms with Crippen molar-refractivity contribution in [2.24, 2.45) is 10.7 Å². The molecule has 1 amide bonds. The zero-order chi connectivity index (χ0) is 19.4. The fourth-order valence-corrected chi connectivity index (χ4v) is 3.53. The maximum atomic E-state index is 12.3. The summed E-state index contributed by atoms with van der Waals surface area (Å²) in [6.45, 7) is 1.12. The highest BCUT2D eigenvalue weighted by Gasteiger charge is 2.31. The number of nitrogens with zero attached hydrogens (tertiary/aromatic N) is 2. The second-order valence-electron chi connectivity index (χ2n) is 5.83. The number of carbonyl (C=O) groups is 1. The highest BCUT2D eigenvalue weighted by Crippen LogP contribution is 2.25. The Morgan fingerprint density at radius 1 is 1.30 bits per heavy atom. The number of alkyl halides is 3. The third kappa shape index (κ3) is 5.36. The van der Waals surface area contributed by atoms with Gasteiger partial charge >= 0.3 is 6.36 Å². The minimum absolute atomic E-state index is 0.000992. The van der Waals surface area contributed by atoms with Crippen LogP contribution >= 0.6 is 11.3 Å². The van der Waals surface area contributed by atoms with Gasteiger partial charge in [-0.3, -0.25) is 4.79 Å². The summed E-state index contributed by atoms with van der Waals surface area (Å²) < 4.78 is 40.2. The van der Waals surface area contributed by atoms with Crippen LogP contribution in [-0.2, 0) is 17.8 Å². The number of thiophene rings is 1. The predicted octanol–water partition coefficient (Wildman–Crippen LogP) is 2.96. The molecule has 0 radical (unpaired) electrons. The number of amides is 1. The van der Waals surface area contributed by atoms with Gasteiger partial charge in [0.2, 0.25) is 5.91 Å². The second kappa shape index (κ2) is 7.87. The summed E-state index contributed by atoms with van der Waals surface area (Å²) in [5.41, 5.74) is 7.33. The molecule has 10 heteroatoms. The Kier molecular flexibility index (Phi) is 5.54. The van der Waals surface area contributed by atoms with Gasteiger partial charge in [0.15, 0.2) is 5.96 Å². The normalized spacial score (nSPS) is 14.6. The molecule has 1 aromatic carbocycles. The molecule has 3 N–H and O–H groups in total. The van der Waals surface area contributed by atoms with Crippen molar-refractivity contribution in [2.45, 2.75) is 19.3 Å². The van der Waals surface area contributed by atoms with Crippen LogP contribution in [0.25, 0.3) is 0 Å². The van der Waals surface area contributed by atoms with Crippen LogP contribution in [0, 0.1) is 0 Å². The third-order valence-electron chi connectivity index (χ3n) is 3.91. The summed E-state index contributed by atoms with van der Waals surface area (Å²) in [5.74, 6) is -0.469. The fourth-order valence-electron chi connectivity index (χ4n) is 2.64. The highest BCUT2D eigenvalue weighted by atomic mass is 32.1. The van der Waals surface area contributed by atoms with Crippen LogP contribution in [0.2, 0.25) is 0 Å². The van der Waals surface area contributed by atoms with E-state index in [4.69, 9.17) is 5.73 Å². The summed E-state index contributed by atoms with van der Waals surface area (Å²) in [4.78, 5) is 19.3. The lowest BCUT2D eigenvalue weighted by atomic mass is 10.1. The molecule has 0 fully saturated rings. The summed E-state index contributed by atoms with van der Waals surface area (Å²) in [6, 6.07) is 7.06. The Labute approximate surface area is 157 Å². The number of hydrogen-bond acceptors (Lipinski definition) is 4. The van der Waals surface area contributed by atoms with Gasteiger partial charge in [0.1, 0.15) is 12.3 Å². The van der Waals surface area contributed by atoms with Crippen LogP contribution in [0.15, 0.2) is 40.7 Å². The minimum Gasteiger partial charge on any atom is -0.406 e. The van der Waals surface area contributed by atoms with Crippen molar-refractivity contribution in [1.29, 1.82) is 0 Å². The number of rotatable bonds is 4. The monoisotopic (exact) mass is 398 g/mol. The maximum Gasteiger partial charge on any atom is 0.573 e. The van der Waals surface area contributed by atoms with Gasteiger partial charge in [-0.05, 0) is 47.7 Å². The van der Waals surface area contributed by atoms with Crippen molar-refractivity contribution in [3.63, 3.8) is 0 Å². The SMILES string of the molecule is NC(=NCC(=O)N1CCc2sccc2C1)Nc1ccc(OC(F)(F)F)cc1. The van der Waals surface area contributed by atoms with E-state index in [2.05, 4.69) is 15.0 Å². The number of guanidine groups is 1. The molecule has 1 aliphatic heterocycles. The molecule has 0 aliphatic carbocycles. The lowest BCUT2D eigenvalue weighted by Gasteiger charge is -2.26. The number of fused-ring (bicyclic) bond motifs is 1. The standard InChI is InChI=1S/C17H17F3N4O2S/c18-17(19,20)26-13-3-1-12(2-4-13)23-16(21)22-9-15(25)24-7-5-14-11(10-24)6-8-27-14/h1-4,6,8H,5,7,9-10H2,(H3,21,22,23). The Hall–Kier alpha value is -2.75. The number of hydrogen-bond donors (Lipinski definition) is 2. The Morgan fingerprint density at radius 2 is 2.04 bits per heavy atom. The van der Waals surface area contributed by atoms with Crippen molar-refractivity contribution in [3.05, 3.63) is 46.2 Å². The van der Waals surface area contributed by atoms with Gasteiger partial charge in [0, 0.05) is 23.7 Å². The molecule has 0 saturated heterocycles. The van der Waals surface area contributed by atoms with Crippen molar-refractivity contribution in [1.82, 2.24) is 4.90 Å². The topological polar surface area (TPSA) is 80.0 Å². The molecule has 0 unspecified atom stereocenters. The van der Waals surface area contributed by atoms with Gasteiger partial charge in [-0.15, -0.1) is 24.5 Å². The largest absolute Gasteiger partial charge is 0.573 e. The first-order valence-corrected chi connectivity index (χ1v) is 8.94. The number of nitrogens with two attached hydrogens (primary N) is 1. The van der Waals surface area contributed by atoms with Gasteiger partial charge in [0.05, 0.1) is 0 Å². The molecule has 0 bridgehead atoms.